The summed E-state index contributed by atoms with van der Waals surface area (Å²) in [7, 11) is 0. The summed E-state index contributed by atoms with van der Waals surface area (Å²) < 4.78 is 5.38. The summed E-state index contributed by atoms with van der Waals surface area (Å²) in [6, 6.07) is 5.70. The third-order valence-corrected chi connectivity index (χ3v) is 4.91. The number of aliphatic hydroxyl groups excluding tert-OH is 2. The zero-order valence-electron chi connectivity index (χ0n) is 11.7. The molecule has 1 aromatic carbocycles. The third-order valence-electron chi connectivity index (χ3n) is 4.91. The molecule has 0 aliphatic heterocycles. The first-order chi connectivity index (χ1) is 10.1. The van der Waals surface area contributed by atoms with E-state index in [1.807, 2.05) is 12.1 Å². The van der Waals surface area contributed by atoms with Gasteiger partial charge in [0.2, 0.25) is 0 Å². The first kappa shape index (κ1) is 14.4. The summed E-state index contributed by atoms with van der Waals surface area (Å²) >= 11 is 0. The van der Waals surface area contributed by atoms with Crippen molar-refractivity contribution in [2.24, 2.45) is 17.8 Å². The van der Waals surface area contributed by atoms with Gasteiger partial charge in [0.15, 0.2) is 6.61 Å². The summed E-state index contributed by atoms with van der Waals surface area (Å²) in [6.45, 7) is -0.320. The lowest BCUT2D eigenvalue weighted by Gasteiger charge is -2.31. The predicted molar refractivity (Wildman–Crippen MR) is 75.2 cm³/mol. The molecule has 5 nitrogen and oxygen atoms in total. The van der Waals surface area contributed by atoms with Crippen LogP contribution < -0.4 is 4.74 Å². The highest BCUT2D eigenvalue weighted by atomic mass is 16.5. The van der Waals surface area contributed by atoms with Gasteiger partial charge in [0.25, 0.3) is 0 Å². The van der Waals surface area contributed by atoms with E-state index < -0.39 is 12.1 Å². The molecule has 0 saturated heterocycles. The minimum atomic E-state index is -0.988. The Hall–Kier alpha value is -1.59. The van der Waals surface area contributed by atoms with E-state index >= 15 is 0 Å². The highest BCUT2D eigenvalue weighted by Crippen LogP contribution is 2.46. The maximum atomic E-state index is 10.7. The molecule has 0 radical (unpaired) electrons. The molecule has 0 heterocycles. The number of benzene rings is 1. The normalized spacial score (nSPS) is 30.6. The van der Waals surface area contributed by atoms with Gasteiger partial charge in [0, 0.05) is 12.5 Å². The summed E-state index contributed by atoms with van der Waals surface area (Å²) in [4.78, 5) is 10.7. The lowest BCUT2D eigenvalue weighted by molar-refractivity contribution is -0.139. The zero-order chi connectivity index (χ0) is 15.0. The molecule has 0 bridgehead atoms. The Kier molecular flexibility index (Phi) is 3.87. The van der Waals surface area contributed by atoms with Crippen LogP contribution in [0.5, 0.6) is 5.75 Å². The number of fused-ring (bicyclic) bond motifs is 2. The number of aliphatic carboxylic acids is 1. The van der Waals surface area contributed by atoms with Crippen molar-refractivity contribution in [1.29, 1.82) is 0 Å². The largest absolute Gasteiger partial charge is 0.482 e. The number of ether oxygens (including phenoxy) is 1. The van der Waals surface area contributed by atoms with Crippen molar-refractivity contribution in [3.05, 3.63) is 29.3 Å². The van der Waals surface area contributed by atoms with E-state index in [0.717, 1.165) is 24.0 Å². The number of rotatable bonds is 4. The Balaban J connectivity index is 1.85. The van der Waals surface area contributed by atoms with Crippen LogP contribution in [0.25, 0.3) is 0 Å². The molecule has 2 aliphatic rings. The lowest BCUT2D eigenvalue weighted by atomic mass is 9.75. The second-order valence-corrected chi connectivity index (χ2v) is 6.06. The average molecular weight is 292 g/mol. The SMILES string of the molecule is O=C(O)COc1cccc2c1C[C@H]1C[C@@H](O)[C@H](CO)[C@H]1C2. The molecule has 114 valence electrons. The Labute approximate surface area is 123 Å². The number of carboxylic acids is 1. The van der Waals surface area contributed by atoms with Crippen molar-refractivity contribution >= 4 is 5.97 Å². The molecule has 1 saturated carbocycles. The van der Waals surface area contributed by atoms with E-state index in [9.17, 15) is 15.0 Å². The fourth-order valence-corrected chi connectivity index (χ4v) is 3.93. The van der Waals surface area contributed by atoms with Gasteiger partial charge in [-0.25, -0.2) is 4.79 Å². The van der Waals surface area contributed by atoms with Gasteiger partial charge in [0.05, 0.1) is 6.10 Å². The minimum Gasteiger partial charge on any atom is -0.482 e. The van der Waals surface area contributed by atoms with Crippen LogP contribution in [0.1, 0.15) is 17.5 Å². The van der Waals surface area contributed by atoms with Crippen LogP contribution in [0.4, 0.5) is 0 Å². The van der Waals surface area contributed by atoms with E-state index in [0.29, 0.717) is 24.0 Å². The van der Waals surface area contributed by atoms with E-state index in [-0.39, 0.29) is 19.1 Å². The first-order valence-corrected chi connectivity index (χ1v) is 7.34. The third kappa shape index (κ3) is 2.63. The van der Waals surface area contributed by atoms with Gasteiger partial charge in [-0.2, -0.15) is 0 Å². The minimum absolute atomic E-state index is 0.0207. The second-order valence-electron chi connectivity index (χ2n) is 6.06. The molecular formula is C16H20O5. The Morgan fingerprint density at radius 1 is 1.33 bits per heavy atom. The fourth-order valence-electron chi connectivity index (χ4n) is 3.93. The predicted octanol–water partition coefficient (Wildman–Crippen LogP) is 0.854. The molecule has 0 aromatic heterocycles. The molecule has 21 heavy (non-hydrogen) atoms. The van der Waals surface area contributed by atoms with Crippen LogP contribution in [-0.2, 0) is 17.6 Å². The van der Waals surface area contributed by atoms with Gasteiger partial charge in [-0.05, 0) is 48.3 Å². The van der Waals surface area contributed by atoms with Crippen LogP contribution in [0, 0.1) is 17.8 Å². The smallest absolute Gasteiger partial charge is 0.341 e. The van der Waals surface area contributed by atoms with Crippen molar-refractivity contribution in [1.82, 2.24) is 0 Å². The number of carbonyl (C=O) groups is 1. The average Bonchev–Trinajstić information content (AvgIpc) is 2.76. The molecule has 0 unspecified atom stereocenters. The Bertz CT molecular complexity index is 541. The van der Waals surface area contributed by atoms with E-state index in [1.54, 1.807) is 6.07 Å². The first-order valence-electron chi connectivity index (χ1n) is 7.34. The van der Waals surface area contributed by atoms with Crippen LogP contribution >= 0.6 is 0 Å². The molecule has 3 N–H and O–H groups in total. The van der Waals surface area contributed by atoms with Crippen molar-refractivity contribution in [2.45, 2.75) is 25.4 Å². The van der Waals surface area contributed by atoms with Gasteiger partial charge in [-0.1, -0.05) is 12.1 Å². The van der Waals surface area contributed by atoms with Crippen LogP contribution in [0.2, 0.25) is 0 Å². The number of carboxylic acid groups (broad SMARTS) is 1. The topological polar surface area (TPSA) is 87.0 Å². The molecule has 1 fully saturated rings. The van der Waals surface area contributed by atoms with Gasteiger partial charge in [-0.3, -0.25) is 0 Å². The molecule has 4 atom stereocenters. The highest BCUT2D eigenvalue weighted by Gasteiger charge is 2.44. The molecule has 0 amide bonds. The van der Waals surface area contributed by atoms with Gasteiger partial charge in [0.1, 0.15) is 5.75 Å². The quantitative estimate of drug-likeness (QED) is 0.766. The zero-order valence-corrected chi connectivity index (χ0v) is 11.7. The summed E-state index contributed by atoms with van der Waals surface area (Å²) in [6.07, 6.45) is 1.85. The summed E-state index contributed by atoms with van der Waals surface area (Å²) in [5, 5.41) is 28.3. The van der Waals surface area contributed by atoms with E-state index in [4.69, 9.17) is 9.84 Å². The molecule has 2 aliphatic carbocycles. The van der Waals surface area contributed by atoms with Crippen molar-refractivity contribution in [3.8, 4) is 5.75 Å². The number of hydrogen-bond donors (Lipinski definition) is 3. The molecule has 3 rings (SSSR count). The highest BCUT2D eigenvalue weighted by molar-refractivity contribution is 5.68. The number of aliphatic hydroxyl groups is 2. The second kappa shape index (κ2) is 5.66. The van der Waals surface area contributed by atoms with Crippen LogP contribution in [0.3, 0.4) is 0 Å². The fraction of sp³-hybridized carbons (Fsp3) is 0.562. The van der Waals surface area contributed by atoms with Crippen molar-refractivity contribution in [3.63, 3.8) is 0 Å². The van der Waals surface area contributed by atoms with Crippen LogP contribution in [-0.4, -0.2) is 40.6 Å². The lowest BCUT2D eigenvalue weighted by Crippen LogP contribution is -2.29. The molecule has 1 aromatic rings. The van der Waals surface area contributed by atoms with Crippen molar-refractivity contribution in [2.75, 3.05) is 13.2 Å². The van der Waals surface area contributed by atoms with E-state index in [1.165, 1.54) is 0 Å². The number of hydrogen-bond acceptors (Lipinski definition) is 4. The van der Waals surface area contributed by atoms with Crippen LogP contribution in [0.15, 0.2) is 18.2 Å². The maximum absolute atomic E-state index is 10.7. The van der Waals surface area contributed by atoms with Gasteiger partial charge < -0.3 is 20.1 Å². The molecule has 0 spiro atoms. The summed E-state index contributed by atoms with van der Waals surface area (Å²) in [5.41, 5.74) is 2.21. The maximum Gasteiger partial charge on any atom is 0.341 e. The Morgan fingerprint density at radius 3 is 2.86 bits per heavy atom. The Morgan fingerprint density at radius 2 is 2.14 bits per heavy atom. The summed E-state index contributed by atoms with van der Waals surface area (Å²) in [5.74, 6) is 0.228. The van der Waals surface area contributed by atoms with Crippen molar-refractivity contribution < 1.29 is 24.9 Å². The molecular weight excluding hydrogens is 272 g/mol. The molecule has 5 heteroatoms. The van der Waals surface area contributed by atoms with Gasteiger partial charge in [-0.15, -0.1) is 0 Å². The monoisotopic (exact) mass is 292 g/mol. The van der Waals surface area contributed by atoms with Gasteiger partial charge >= 0.3 is 5.97 Å². The standard InChI is InChI=1S/C16H20O5/c17-7-13-11-4-9-2-1-3-15(21-8-16(19)20)12(9)5-10(11)6-14(13)18/h1-3,10-11,13-14,17-18H,4-8H2,(H,19,20)/t10-,11-,13+,14+/m0/s1. The van der Waals surface area contributed by atoms with E-state index in [2.05, 4.69) is 0 Å².